The fraction of sp³-hybridized carbons (Fsp3) is 0.261. The molecule has 2 aromatic carbocycles. The second-order valence-electron chi connectivity index (χ2n) is 7.61. The van der Waals surface area contributed by atoms with Crippen molar-refractivity contribution in [1.29, 1.82) is 0 Å². The highest BCUT2D eigenvalue weighted by Gasteiger charge is 2.34. The van der Waals surface area contributed by atoms with E-state index in [4.69, 9.17) is 4.42 Å². The monoisotopic (exact) mass is 424 g/mol. The fourth-order valence-corrected chi connectivity index (χ4v) is 5.19. The van der Waals surface area contributed by atoms with Crippen LogP contribution in [0.1, 0.15) is 23.8 Å². The number of hydrogen-bond acceptors (Lipinski definition) is 4. The zero-order valence-corrected chi connectivity index (χ0v) is 17.8. The highest BCUT2D eigenvalue weighted by Crippen LogP contribution is 2.32. The predicted octanol–water partition coefficient (Wildman–Crippen LogP) is 3.76. The first-order chi connectivity index (χ1) is 14.4. The van der Waals surface area contributed by atoms with Crippen molar-refractivity contribution in [3.8, 4) is 0 Å². The van der Waals surface area contributed by atoms with Gasteiger partial charge in [-0.15, -0.1) is 0 Å². The topological polar surface area (TPSA) is 70.8 Å². The maximum absolute atomic E-state index is 13.4. The van der Waals surface area contributed by atoms with Crippen molar-refractivity contribution in [2.24, 2.45) is 0 Å². The number of amides is 1. The molecule has 1 unspecified atom stereocenters. The Morgan fingerprint density at radius 3 is 2.53 bits per heavy atom. The zero-order chi connectivity index (χ0) is 21.3. The number of hydrogen-bond donors (Lipinski definition) is 0. The van der Waals surface area contributed by atoms with E-state index >= 15 is 0 Å². The summed E-state index contributed by atoms with van der Waals surface area (Å²) >= 11 is 0. The smallest absolute Gasteiger partial charge is 0.243 e. The van der Waals surface area contributed by atoms with Gasteiger partial charge in [0.1, 0.15) is 5.76 Å². The van der Waals surface area contributed by atoms with Crippen LogP contribution < -0.4 is 4.90 Å². The second-order valence-corrected chi connectivity index (χ2v) is 9.55. The lowest BCUT2D eigenvalue weighted by Crippen LogP contribution is -2.44. The third-order valence-electron chi connectivity index (χ3n) is 5.36. The summed E-state index contributed by atoms with van der Waals surface area (Å²) in [6.45, 7) is 3.59. The number of para-hydroxylation sites is 1. The summed E-state index contributed by atoms with van der Waals surface area (Å²) in [5, 5.41) is 0. The van der Waals surface area contributed by atoms with E-state index in [1.165, 1.54) is 10.6 Å². The van der Waals surface area contributed by atoms with Crippen LogP contribution in [0.5, 0.6) is 0 Å². The largest absolute Gasteiger partial charge is 0.468 e. The van der Waals surface area contributed by atoms with Gasteiger partial charge in [0.15, 0.2) is 0 Å². The maximum atomic E-state index is 13.4. The molecule has 0 N–H and O–H groups in total. The normalized spacial score (nSPS) is 16.1. The van der Waals surface area contributed by atoms with E-state index in [0.717, 1.165) is 23.2 Å². The summed E-state index contributed by atoms with van der Waals surface area (Å²) in [6, 6.07) is 17.8. The van der Waals surface area contributed by atoms with Crippen molar-refractivity contribution in [2.75, 3.05) is 11.4 Å². The number of carbonyl (C=O) groups is 1. The minimum Gasteiger partial charge on any atom is -0.468 e. The molecule has 0 saturated heterocycles. The number of rotatable bonds is 6. The van der Waals surface area contributed by atoms with E-state index in [0.29, 0.717) is 5.76 Å². The van der Waals surface area contributed by atoms with Gasteiger partial charge >= 0.3 is 0 Å². The molecule has 2 heterocycles. The molecule has 0 bridgehead atoms. The summed E-state index contributed by atoms with van der Waals surface area (Å²) in [5.41, 5.74) is 2.91. The Labute approximate surface area is 176 Å². The van der Waals surface area contributed by atoms with E-state index in [9.17, 15) is 13.2 Å². The first kappa shape index (κ1) is 20.4. The van der Waals surface area contributed by atoms with Crippen LogP contribution in [0, 0.1) is 6.92 Å². The van der Waals surface area contributed by atoms with Crippen LogP contribution in [0.15, 0.2) is 76.2 Å². The van der Waals surface area contributed by atoms with E-state index in [2.05, 4.69) is 0 Å². The van der Waals surface area contributed by atoms with E-state index in [1.807, 2.05) is 38.1 Å². The van der Waals surface area contributed by atoms with Crippen molar-refractivity contribution in [2.45, 2.75) is 37.8 Å². The van der Waals surface area contributed by atoms with Crippen LogP contribution in [0.3, 0.4) is 0 Å². The SMILES string of the molecule is Cc1ccc(S(=O)(=O)N(CC(=O)N2c3ccccc3CC2C)Cc2ccco2)cc1. The Hall–Kier alpha value is -2.90. The van der Waals surface area contributed by atoms with Crippen LogP contribution in [-0.2, 0) is 27.8 Å². The number of fused-ring (bicyclic) bond motifs is 1. The molecule has 6 nitrogen and oxygen atoms in total. The third-order valence-corrected chi connectivity index (χ3v) is 7.16. The van der Waals surface area contributed by atoms with E-state index < -0.39 is 10.0 Å². The van der Waals surface area contributed by atoms with Crippen LogP contribution >= 0.6 is 0 Å². The molecule has 0 fully saturated rings. The Balaban J connectivity index is 1.65. The van der Waals surface area contributed by atoms with Crippen molar-refractivity contribution in [3.63, 3.8) is 0 Å². The molecule has 0 saturated carbocycles. The summed E-state index contributed by atoms with van der Waals surface area (Å²) in [4.78, 5) is 15.1. The number of carbonyl (C=O) groups excluding carboxylic acids is 1. The Kier molecular flexibility index (Phi) is 5.49. The third kappa shape index (κ3) is 3.91. The van der Waals surface area contributed by atoms with Crippen molar-refractivity contribution >= 4 is 21.6 Å². The van der Waals surface area contributed by atoms with Gasteiger partial charge in [-0.05, 0) is 56.2 Å². The quantitative estimate of drug-likeness (QED) is 0.604. The lowest BCUT2D eigenvalue weighted by Gasteiger charge is -2.27. The lowest BCUT2D eigenvalue weighted by atomic mass is 10.1. The van der Waals surface area contributed by atoms with Gasteiger partial charge in [0.05, 0.1) is 24.2 Å². The first-order valence-corrected chi connectivity index (χ1v) is 11.3. The summed E-state index contributed by atoms with van der Waals surface area (Å²) < 4.78 is 33.3. The van der Waals surface area contributed by atoms with Crippen LogP contribution in [0.25, 0.3) is 0 Å². The van der Waals surface area contributed by atoms with Gasteiger partial charge in [-0.25, -0.2) is 8.42 Å². The molecule has 1 atom stereocenters. The van der Waals surface area contributed by atoms with Crippen LogP contribution in [0.4, 0.5) is 5.69 Å². The molecule has 0 spiro atoms. The number of furan rings is 1. The van der Waals surface area contributed by atoms with Gasteiger partial charge in [-0.1, -0.05) is 35.9 Å². The predicted molar refractivity (Wildman–Crippen MR) is 115 cm³/mol. The average Bonchev–Trinajstić information content (AvgIpc) is 3.34. The maximum Gasteiger partial charge on any atom is 0.243 e. The minimum absolute atomic E-state index is 0.0151. The molecule has 30 heavy (non-hydrogen) atoms. The van der Waals surface area contributed by atoms with E-state index in [-0.39, 0.29) is 29.9 Å². The standard InChI is InChI=1S/C23H24N2O4S/c1-17-9-11-21(12-10-17)30(27,28)24(15-20-7-5-13-29-20)16-23(26)25-18(2)14-19-6-3-4-8-22(19)25/h3-13,18H,14-16H2,1-2H3. The van der Waals surface area contributed by atoms with Crippen LogP contribution in [-0.4, -0.2) is 31.2 Å². The summed E-state index contributed by atoms with van der Waals surface area (Å²) in [6.07, 6.45) is 2.25. The zero-order valence-electron chi connectivity index (χ0n) is 17.0. The molecule has 7 heteroatoms. The Morgan fingerprint density at radius 1 is 1.10 bits per heavy atom. The van der Waals surface area contributed by atoms with Crippen molar-refractivity contribution in [1.82, 2.24) is 4.31 Å². The summed E-state index contributed by atoms with van der Waals surface area (Å²) in [5.74, 6) is 0.225. The molecular weight excluding hydrogens is 400 g/mol. The molecular formula is C23H24N2O4S. The highest BCUT2D eigenvalue weighted by atomic mass is 32.2. The summed E-state index contributed by atoms with van der Waals surface area (Å²) in [7, 11) is -3.89. The number of sulfonamides is 1. The molecule has 3 aromatic rings. The number of nitrogens with zero attached hydrogens (tertiary/aromatic N) is 2. The number of aryl methyl sites for hydroxylation is 1. The first-order valence-electron chi connectivity index (χ1n) is 9.85. The molecule has 0 aliphatic carbocycles. The van der Waals surface area contributed by atoms with Gasteiger partial charge in [0.2, 0.25) is 15.9 Å². The van der Waals surface area contributed by atoms with Gasteiger partial charge in [0, 0.05) is 11.7 Å². The molecule has 1 aliphatic heterocycles. The van der Waals surface area contributed by atoms with E-state index in [1.54, 1.807) is 41.3 Å². The minimum atomic E-state index is -3.89. The second kappa shape index (κ2) is 8.08. The molecule has 156 valence electrons. The van der Waals surface area contributed by atoms with Crippen molar-refractivity contribution < 1.29 is 17.6 Å². The molecule has 4 rings (SSSR count). The highest BCUT2D eigenvalue weighted by molar-refractivity contribution is 7.89. The Bertz CT molecular complexity index is 1140. The average molecular weight is 425 g/mol. The number of benzene rings is 2. The van der Waals surface area contributed by atoms with Crippen LogP contribution in [0.2, 0.25) is 0 Å². The Morgan fingerprint density at radius 2 is 1.83 bits per heavy atom. The molecule has 0 radical (unpaired) electrons. The molecule has 1 aliphatic rings. The van der Waals surface area contributed by atoms with Gasteiger partial charge < -0.3 is 9.32 Å². The van der Waals surface area contributed by atoms with Gasteiger partial charge in [-0.3, -0.25) is 4.79 Å². The molecule has 1 amide bonds. The molecule has 1 aromatic heterocycles. The van der Waals surface area contributed by atoms with Crippen molar-refractivity contribution in [3.05, 3.63) is 83.8 Å². The number of anilines is 1. The fourth-order valence-electron chi connectivity index (χ4n) is 3.83. The lowest BCUT2D eigenvalue weighted by molar-refractivity contribution is -0.119. The van der Waals surface area contributed by atoms with Gasteiger partial charge in [0.25, 0.3) is 0 Å². The van der Waals surface area contributed by atoms with Gasteiger partial charge in [-0.2, -0.15) is 4.31 Å².